The maximum absolute atomic E-state index is 12.8. The second-order valence-corrected chi connectivity index (χ2v) is 7.10. The molecule has 1 N–H and O–H groups in total. The molecule has 0 saturated carbocycles. The van der Waals surface area contributed by atoms with Gasteiger partial charge in [-0.2, -0.15) is 0 Å². The van der Waals surface area contributed by atoms with E-state index in [-0.39, 0.29) is 30.9 Å². The molecule has 1 aliphatic rings. The molecule has 1 atom stereocenters. The molecule has 1 fully saturated rings. The summed E-state index contributed by atoms with van der Waals surface area (Å²) >= 11 is 0. The molecule has 1 unspecified atom stereocenters. The Bertz CT molecular complexity index is 925. The Morgan fingerprint density at radius 3 is 2.62 bits per heavy atom. The smallest absolute Gasteiger partial charge is 0.337 e. The number of carbonyl (C=O) groups excluding carboxylic acids is 3. The average Bonchev–Trinajstić information content (AvgIpc) is 3.10. The van der Waals surface area contributed by atoms with E-state index in [2.05, 4.69) is 5.32 Å². The fourth-order valence-electron chi connectivity index (χ4n) is 3.21. The lowest BCUT2D eigenvalue weighted by Gasteiger charge is -2.18. The summed E-state index contributed by atoms with van der Waals surface area (Å²) < 4.78 is 10.5. The van der Waals surface area contributed by atoms with Crippen molar-refractivity contribution in [3.8, 4) is 5.75 Å². The van der Waals surface area contributed by atoms with Crippen molar-refractivity contribution in [3.63, 3.8) is 0 Å². The summed E-state index contributed by atoms with van der Waals surface area (Å²) in [5.41, 5.74) is 1.49. The van der Waals surface area contributed by atoms with Crippen LogP contribution >= 0.6 is 0 Å². The van der Waals surface area contributed by atoms with Crippen LogP contribution in [-0.2, 0) is 14.3 Å². The SMILES string of the molecule is COC(=O)c1cccc(N2CC(C(=O)Nc3ccccc3OC(C)C)CC2=O)c1. The first-order chi connectivity index (χ1) is 13.9. The molecule has 1 saturated heterocycles. The molecular weight excluding hydrogens is 372 g/mol. The number of nitrogens with zero attached hydrogens (tertiary/aromatic N) is 1. The number of benzene rings is 2. The fraction of sp³-hybridized carbons (Fsp3) is 0.318. The standard InChI is InChI=1S/C22H24N2O5/c1-14(2)29-19-10-5-4-9-18(19)23-21(26)16-12-20(25)24(13-16)17-8-6-7-15(11-17)22(27)28-3/h4-11,14,16H,12-13H2,1-3H3,(H,23,26). The quantitative estimate of drug-likeness (QED) is 0.758. The van der Waals surface area contributed by atoms with E-state index in [9.17, 15) is 14.4 Å². The highest BCUT2D eigenvalue weighted by atomic mass is 16.5. The van der Waals surface area contributed by atoms with Crippen LogP contribution in [0.3, 0.4) is 0 Å². The van der Waals surface area contributed by atoms with Gasteiger partial charge in [0.15, 0.2) is 0 Å². The molecule has 0 spiro atoms. The molecule has 3 rings (SSSR count). The van der Waals surface area contributed by atoms with Gasteiger partial charge in [-0.15, -0.1) is 0 Å². The van der Waals surface area contributed by atoms with Crippen molar-refractivity contribution in [2.24, 2.45) is 5.92 Å². The normalized spacial score (nSPS) is 16.1. The second-order valence-electron chi connectivity index (χ2n) is 7.10. The zero-order valence-electron chi connectivity index (χ0n) is 16.7. The van der Waals surface area contributed by atoms with Gasteiger partial charge in [0.2, 0.25) is 11.8 Å². The number of hydrogen-bond acceptors (Lipinski definition) is 5. The molecule has 152 valence electrons. The van der Waals surface area contributed by atoms with E-state index in [1.54, 1.807) is 36.4 Å². The van der Waals surface area contributed by atoms with Gasteiger partial charge in [0, 0.05) is 18.7 Å². The minimum absolute atomic E-state index is 0.0290. The predicted molar refractivity (Wildman–Crippen MR) is 109 cm³/mol. The monoisotopic (exact) mass is 396 g/mol. The molecule has 0 aliphatic carbocycles. The Morgan fingerprint density at radius 1 is 1.14 bits per heavy atom. The van der Waals surface area contributed by atoms with Crippen LogP contribution in [0.15, 0.2) is 48.5 Å². The maximum Gasteiger partial charge on any atom is 0.337 e. The summed E-state index contributed by atoms with van der Waals surface area (Å²) in [6, 6.07) is 13.8. The van der Waals surface area contributed by atoms with Crippen LogP contribution in [0.25, 0.3) is 0 Å². The number of methoxy groups -OCH3 is 1. The van der Waals surface area contributed by atoms with E-state index < -0.39 is 11.9 Å². The Balaban J connectivity index is 1.72. The molecule has 7 heteroatoms. The predicted octanol–water partition coefficient (Wildman–Crippen LogP) is 3.25. The molecule has 0 radical (unpaired) electrons. The Morgan fingerprint density at radius 2 is 1.90 bits per heavy atom. The van der Waals surface area contributed by atoms with Crippen molar-refractivity contribution in [2.45, 2.75) is 26.4 Å². The lowest BCUT2D eigenvalue weighted by molar-refractivity contribution is -0.122. The summed E-state index contributed by atoms with van der Waals surface area (Å²) in [7, 11) is 1.30. The van der Waals surface area contributed by atoms with Gasteiger partial charge in [-0.05, 0) is 44.2 Å². The number of amides is 2. The van der Waals surface area contributed by atoms with Crippen molar-refractivity contribution >= 4 is 29.2 Å². The topological polar surface area (TPSA) is 84.9 Å². The Kier molecular flexibility index (Phi) is 6.16. The molecule has 0 aromatic heterocycles. The van der Waals surface area contributed by atoms with Crippen LogP contribution < -0.4 is 15.0 Å². The first kappa shape index (κ1) is 20.4. The van der Waals surface area contributed by atoms with Gasteiger partial charge in [0.1, 0.15) is 5.75 Å². The number of esters is 1. The number of anilines is 2. The van der Waals surface area contributed by atoms with Gasteiger partial charge < -0.3 is 19.7 Å². The third-order valence-corrected chi connectivity index (χ3v) is 4.58. The number of nitrogens with one attached hydrogen (secondary N) is 1. The average molecular weight is 396 g/mol. The molecule has 0 bridgehead atoms. The van der Waals surface area contributed by atoms with Crippen LogP contribution in [0.4, 0.5) is 11.4 Å². The van der Waals surface area contributed by atoms with Gasteiger partial charge in [-0.1, -0.05) is 18.2 Å². The summed E-state index contributed by atoms with van der Waals surface area (Å²) in [6.45, 7) is 4.06. The van der Waals surface area contributed by atoms with E-state index in [0.29, 0.717) is 22.7 Å². The largest absolute Gasteiger partial charge is 0.489 e. The number of ether oxygens (including phenoxy) is 2. The second kappa shape index (κ2) is 8.77. The van der Waals surface area contributed by atoms with E-state index >= 15 is 0 Å². The van der Waals surface area contributed by atoms with Crippen LogP contribution in [0.5, 0.6) is 5.75 Å². The van der Waals surface area contributed by atoms with E-state index in [4.69, 9.17) is 9.47 Å². The van der Waals surface area contributed by atoms with Crippen LogP contribution in [0, 0.1) is 5.92 Å². The number of para-hydroxylation sites is 2. The van der Waals surface area contributed by atoms with E-state index in [1.165, 1.54) is 12.0 Å². The minimum Gasteiger partial charge on any atom is -0.489 e. The van der Waals surface area contributed by atoms with Crippen molar-refractivity contribution in [1.29, 1.82) is 0 Å². The van der Waals surface area contributed by atoms with Gasteiger partial charge in [-0.25, -0.2) is 4.79 Å². The molecule has 2 amide bonds. The molecule has 1 heterocycles. The Hall–Kier alpha value is -3.35. The lowest BCUT2D eigenvalue weighted by atomic mass is 10.1. The molecule has 2 aromatic carbocycles. The van der Waals surface area contributed by atoms with Crippen LogP contribution in [0.2, 0.25) is 0 Å². The highest BCUT2D eigenvalue weighted by molar-refractivity contribution is 6.04. The minimum atomic E-state index is -0.503. The first-order valence-corrected chi connectivity index (χ1v) is 9.44. The summed E-state index contributed by atoms with van der Waals surface area (Å²) in [5.74, 6) is -0.808. The van der Waals surface area contributed by atoms with Crippen molar-refractivity contribution < 1.29 is 23.9 Å². The van der Waals surface area contributed by atoms with Gasteiger partial charge in [-0.3, -0.25) is 9.59 Å². The van der Waals surface area contributed by atoms with E-state index in [1.807, 2.05) is 26.0 Å². The van der Waals surface area contributed by atoms with Gasteiger partial charge in [0.05, 0.1) is 30.4 Å². The summed E-state index contributed by atoms with van der Waals surface area (Å²) in [5, 5.41) is 2.87. The third kappa shape index (κ3) is 4.74. The molecule has 7 nitrogen and oxygen atoms in total. The van der Waals surface area contributed by atoms with Crippen LogP contribution in [0.1, 0.15) is 30.6 Å². The lowest BCUT2D eigenvalue weighted by Crippen LogP contribution is -2.28. The maximum atomic E-state index is 12.8. The number of carbonyl (C=O) groups is 3. The zero-order chi connectivity index (χ0) is 21.0. The molecule has 29 heavy (non-hydrogen) atoms. The number of hydrogen-bond donors (Lipinski definition) is 1. The molecule has 1 aliphatic heterocycles. The van der Waals surface area contributed by atoms with Crippen molar-refractivity contribution in [2.75, 3.05) is 23.9 Å². The van der Waals surface area contributed by atoms with Crippen molar-refractivity contribution in [1.82, 2.24) is 0 Å². The van der Waals surface area contributed by atoms with Crippen molar-refractivity contribution in [3.05, 3.63) is 54.1 Å². The first-order valence-electron chi connectivity index (χ1n) is 9.44. The number of rotatable bonds is 6. The summed E-state index contributed by atoms with van der Waals surface area (Å²) in [4.78, 5) is 38.6. The highest BCUT2D eigenvalue weighted by Gasteiger charge is 2.35. The zero-order valence-corrected chi connectivity index (χ0v) is 16.7. The molecule has 2 aromatic rings. The summed E-state index contributed by atoms with van der Waals surface area (Å²) in [6.07, 6.45) is 0.0697. The van der Waals surface area contributed by atoms with Crippen LogP contribution in [-0.4, -0.2) is 37.5 Å². The van der Waals surface area contributed by atoms with Gasteiger partial charge in [0.25, 0.3) is 0 Å². The third-order valence-electron chi connectivity index (χ3n) is 4.58. The van der Waals surface area contributed by atoms with Gasteiger partial charge >= 0.3 is 5.97 Å². The Labute approximate surface area is 169 Å². The fourth-order valence-corrected chi connectivity index (χ4v) is 3.21. The van der Waals surface area contributed by atoms with E-state index in [0.717, 1.165) is 0 Å². The highest BCUT2D eigenvalue weighted by Crippen LogP contribution is 2.29. The molecular formula is C22H24N2O5.